The van der Waals surface area contributed by atoms with Crippen LogP contribution in [0.25, 0.3) is 11.3 Å². The molecule has 1 saturated heterocycles. The Kier molecular flexibility index (Phi) is 6.82. The summed E-state index contributed by atoms with van der Waals surface area (Å²) in [5, 5.41) is 3.60. The van der Waals surface area contributed by atoms with Crippen molar-refractivity contribution in [1.29, 1.82) is 0 Å². The number of carbonyl (C=O) groups is 1. The molecule has 2 aromatic rings. The lowest BCUT2D eigenvalue weighted by molar-refractivity contribution is 0.0240. The van der Waals surface area contributed by atoms with Crippen LogP contribution in [0.15, 0.2) is 36.5 Å². The first-order chi connectivity index (χ1) is 15.4. The Bertz CT molecular complexity index is 913. The molecule has 2 fully saturated rings. The highest BCUT2D eigenvalue weighted by Gasteiger charge is 2.26. The average Bonchev–Trinajstić information content (AvgIpc) is 2.79. The van der Waals surface area contributed by atoms with Gasteiger partial charge in [-0.05, 0) is 57.9 Å². The fraction of sp³-hybridized carbons (Fsp3) is 0.560. The van der Waals surface area contributed by atoms with Gasteiger partial charge in [0.15, 0.2) is 0 Å². The summed E-state index contributed by atoms with van der Waals surface area (Å²) < 4.78 is 5.50. The van der Waals surface area contributed by atoms with Gasteiger partial charge in [-0.25, -0.2) is 14.8 Å². The van der Waals surface area contributed by atoms with Gasteiger partial charge in [0.25, 0.3) is 0 Å². The maximum Gasteiger partial charge on any atom is 0.410 e. The van der Waals surface area contributed by atoms with Crippen LogP contribution in [0.2, 0.25) is 0 Å². The monoisotopic (exact) mass is 437 g/mol. The van der Waals surface area contributed by atoms with E-state index in [1.165, 1.54) is 32.1 Å². The molecule has 1 aliphatic heterocycles. The van der Waals surface area contributed by atoms with E-state index in [0.29, 0.717) is 19.1 Å². The summed E-state index contributed by atoms with van der Waals surface area (Å²) in [6.07, 6.45) is 7.98. The third kappa shape index (κ3) is 5.90. The van der Waals surface area contributed by atoms with Crippen LogP contribution >= 0.6 is 0 Å². The van der Waals surface area contributed by atoms with Gasteiger partial charge in [0.05, 0.1) is 5.69 Å². The number of ether oxygens (including phenoxy) is 1. The van der Waals surface area contributed by atoms with Gasteiger partial charge in [0.2, 0.25) is 0 Å². The number of aromatic nitrogens is 2. The Labute approximate surface area is 191 Å². The second kappa shape index (κ2) is 9.76. The minimum atomic E-state index is -0.473. The fourth-order valence-electron chi connectivity index (χ4n) is 4.33. The predicted molar refractivity (Wildman–Crippen MR) is 128 cm³/mol. The summed E-state index contributed by atoms with van der Waals surface area (Å²) in [6.45, 7) is 8.42. The quantitative estimate of drug-likeness (QED) is 0.730. The van der Waals surface area contributed by atoms with E-state index >= 15 is 0 Å². The number of anilines is 2. The summed E-state index contributed by atoms with van der Waals surface area (Å²) in [5.74, 6) is 1.86. The van der Waals surface area contributed by atoms with Crippen molar-refractivity contribution in [1.82, 2.24) is 14.9 Å². The van der Waals surface area contributed by atoms with Crippen LogP contribution in [0, 0.1) is 0 Å². The normalized spacial score (nSPS) is 17.8. The van der Waals surface area contributed by atoms with Crippen LogP contribution in [0.5, 0.6) is 0 Å². The van der Waals surface area contributed by atoms with E-state index in [0.717, 1.165) is 36.0 Å². The van der Waals surface area contributed by atoms with E-state index < -0.39 is 5.60 Å². The average molecular weight is 438 g/mol. The summed E-state index contributed by atoms with van der Waals surface area (Å²) in [4.78, 5) is 25.8. The number of nitrogens with zero attached hydrogens (tertiary/aromatic N) is 4. The Morgan fingerprint density at radius 1 is 1.06 bits per heavy atom. The van der Waals surface area contributed by atoms with Gasteiger partial charge in [-0.1, -0.05) is 25.3 Å². The molecule has 3 heterocycles. The third-order valence-corrected chi connectivity index (χ3v) is 6.00. The smallest absolute Gasteiger partial charge is 0.410 e. The van der Waals surface area contributed by atoms with Crippen LogP contribution < -0.4 is 10.2 Å². The van der Waals surface area contributed by atoms with E-state index in [4.69, 9.17) is 9.72 Å². The number of pyridine rings is 2. The van der Waals surface area contributed by atoms with E-state index in [9.17, 15) is 4.79 Å². The van der Waals surface area contributed by atoms with E-state index in [2.05, 4.69) is 21.3 Å². The number of nitrogens with one attached hydrogen (secondary N) is 1. The van der Waals surface area contributed by atoms with Gasteiger partial charge in [-0.2, -0.15) is 0 Å². The molecule has 2 aliphatic rings. The zero-order chi connectivity index (χ0) is 22.6. The molecule has 1 amide bonds. The van der Waals surface area contributed by atoms with Crippen molar-refractivity contribution >= 4 is 17.7 Å². The van der Waals surface area contributed by atoms with E-state index in [1.807, 2.05) is 51.2 Å². The van der Waals surface area contributed by atoms with Crippen LogP contribution in [0.4, 0.5) is 16.4 Å². The fourth-order valence-corrected chi connectivity index (χ4v) is 4.33. The van der Waals surface area contributed by atoms with Crippen molar-refractivity contribution < 1.29 is 9.53 Å². The van der Waals surface area contributed by atoms with E-state index in [-0.39, 0.29) is 6.09 Å². The predicted octanol–water partition coefficient (Wildman–Crippen LogP) is 4.95. The first-order valence-corrected chi connectivity index (χ1v) is 11.8. The van der Waals surface area contributed by atoms with Crippen LogP contribution in [0.1, 0.15) is 52.9 Å². The maximum atomic E-state index is 12.3. The molecule has 0 unspecified atom stereocenters. The Morgan fingerprint density at radius 2 is 1.81 bits per heavy atom. The van der Waals surface area contributed by atoms with Crippen molar-refractivity contribution in [3.63, 3.8) is 0 Å². The lowest BCUT2D eigenvalue weighted by Crippen LogP contribution is -2.50. The third-order valence-electron chi connectivity index (χ3n) is 6.00. The van der Waals surface area contributed by atoms with Gasteiger partial charge in [0.1, 0.15) is 17.2 Å². The second-order valence-electron chi connectivity index (χ2n) is 9.74. The molecular weight excluding hydrogens is 402 g/mol. The molecule has 1 aliphatic carbocycles. The lowest BCUT2D eigenvalue weighted by Gasteiger charge is -2.36. The Balaban J connectivity index is 1.40. The largest absolute Gasteiger partial charge is 0.444 e. The second-order valence-corrected chi connectivity index (χ2v) is 9.74. The first kappa shape index (κ1) is 22.4. The summed E-state index contributed by atoms with van der Waals surface area (Å²) >= 11 is 0. The topological polar surface area (TPSA) is 70.6 Å². The number of hydrogen-bond donors (Lipinski definition) is 1. The minimum absolute atomic E-state index is 0.242. The molecule has 7 heteroatoms. The molecule has 2 aromatic heterocycles. The van der Waals surface area contributed by atoms with Crippen LogP contribution in [-0.4, -0.2) is 58.8 Å². The number of rotatable bonds is 4. The van der Waals surface area contributed by atoms with E-state index in [1.54, 1.807) is 4.90 Å². The Hall–Kier alpha value is -2.83. The molecule has 172 valence electrons. The highest BCUT2D eigenvalue weighted by molar-refractivity contribution is 5.69. The van der Waals surface area contributed by atoms with Crippen molar-refractivity contribution in [3.8, 4) is 11.3 Å². The Morgan fingerprint density at radius 3 is 2.53 bits per heavy atom. The zero-order valence-corrected chi connectivity index (χ0v) is 19.5. The number of hydrogen-bond acceptors (Lipinski definition) is 6. The standard InChI is InChI=1S/C25H35N5O2/c1-25(2,3)32-24(31)30-16-14-29(15-17-30)23-11-7-10-21(28-23)19-12-13-26-22(18-19)27-20-8-5-4-6-9-20/h7,10-13,18,20H,4-6,8-9,14-17H2,1-3H3,(H,26,27). The maximum absolute atomic E-state index is 12.3. The van der Waals surface area contributed by atoms with Crippen LogP contribution in [0.3, 0.4) is 0 Å². The van der Waals surface area contributed by atoms with Crippen molar-refractivity contribution in [2.24, 2.45) is 0 Å². The number of carbonyl (C=O) groups excluding carboxylic acids is 1. The molecule has 7 nitrogen and oxygen atoms in total. The van der Waals surface area contributed by atoms with Gasteiger partial charge in [0, 0.05) is 44.0 Å². The SMILES string of the molecule is CC(C)(C)OC(=O)N1CCN(c2cccc(-c3ccnc(NC4CCCCC4)c3)n2)CC1. The molecule has 0 radical (unpaired) electrons. The molecule has 0 atom stereocenters. The molecule has 32 heavy (non-hydrogen) atoms. The summed E-state index contributed by atoms with van der Waals surface area (Å²) in [6, 6.07) is 10.8. The van der Waals surface area contributed by atoms with Gasteiger partial charge < -0.3 is 19.9 Å². The number of piperazine rings is 1. The molecular formula is C25H35N5O2. The first-order valence-electron chi connectivity index (χ1n) is 11.8. The summed E-state index contributed by atoms with van der Waals surface area (Å²) in [5.41, 5.74) is 1.53. The molecule has 4 rings (SSSR count). The lowest BCUT2D eigenvalue weighted by atomic mass is 9.95. The molecule has 0 spiro atoms. The minimum Gasteiger partial charge on any atom is -0.444 e. The highest BCUT2D eigenvalue weighted by atomic mass is 16.6. The summed E-state index contributed by atoms with van der Waals surface area (Å²) in [7, 11) is 0. The van der Waals surface area contributed by atoms with Crippen molar-refractivity contribution in [2.45, 2.75) is 64.5 Å². The van der Waals surface area contributed by atoms with Gasteiger partial charge in [-0.3, -0.25) is 0 Å². The van der Waals surface area contributed by atoms with Gasteiger partial charge in [-0.15, -0.1) is 0 Å². The van der Waals surface area contributed by atoms with Gasteiger partial charge >= 0.3 is 6.09 Å². The number of amides is 1. The zero-order valence-electron chi connectivity index (χ0n) is 19.5. The molecule has 0 aromatic carbocycles. The van der Waals surface area contributed by atoms with Crippen molar-refractivity contribution in [2.75, 3.05) is 36.4 Å². The van der Waals surface area contributed by atoms with Crippen LogP contribution in [-0.2, 0) is 4.74 Å². The molecule has 1 saturated carbocycles. The van der Waals surface area contributed by atoms with Crippen molar-refractivity contribution in [3.05, 3.63) is 36.5 Å². The molecule has 0 bridgehead atoms. The highest BCUT2D eigenvalue weighted by Crippen LogP contribution is 2.25. The molecule has 1 N–H and O–H groups in total.